The van der Waals surface area contributed by atoms with Gasteiger partial charge in [0, 0.05) is 32.3 Å². The van der Waals surface area contributed by atoms with E-state index in [1.54, 1.807) is 0 Å². The zero-order chi connectivity index (χ0) is 13.6. The smallest absolute Gasteiger partial charge is 0.0382 e. The Hall–Kier alpha value is 0.868. The van der Waals surface area contributed by atoms with Crippen LogP contribution in [0.5, 0.6) is 0 Å². The molecule has 0 N–H and O–H groups in total. The van der Waals surface area contributed by atoms with Crippen LogP contribution in [-0.4, -0.2) is 32.3 Å². The molecule has 0 heterocycles. The van der Waals surface area contributed by atoms with E-state index in [0.717, 1.165) is 0 Å². The summed E-state index contributed by atoms with van der Waals surface area (Å²) < 4.78 is 0. The van der Waals surface area contributed by atoms with Crippen LogP contribution in [0.2, 0.25) is 36.3 Å². The monoisotopic (exact) mass is 286 g/mol. The van der Waals surface area contributed by atoms with Crippen molar-refractivity contribution in [2.75, 3.05) is 0 Å². The van der Waals surface area contributed by atoms with Crippen molar-refractivity contribution in [2.24, 2.45) is 0 Å². The van der Waals surface area contributed by atoms with Crippen molar-refractivity contribution in [2.45, 2.75) is 77.8 Å². The molecular weight excluding hydrogens is 256 g/mol. The Bertz CT molecular complexity index is 217. The van der Waals surface area contributed by atoms with Crippen molar-refractivity contribution in [1.29, 1.82) is 0 Å². The molecular formula is C12H30Si4. The summed E-state index contributed by atoms with van der Waals surface area (Å²) in [5.41, 5.74) is 0. The van der Waals surface area contributed by atoms with Crippen molar-refractivity contribution in [3.63, 3.8) is 0 Å². The average Bonchev–Trinajstić information content (AvgIpc) is 1.98. The molecule has 0 spiro atoms. The molecule has 94 valence electrons. The maximum absolute atomic E-state index is 4.28. The molecule has 0 bridgehead atoms. The van der Waals surface area contributed by atoms with Gasteiger partial charge in [0.2, 0.25) is 0 Å². The molecule has 0 aliphatic carbocycles. The van der Waals surface area contributed by atoms with Gasteiger partial charge < -0.3 is 0 Å². The number of hydrogen-bond donors (Lipinski definition) is 0. The van der Waals surface area contributed by atoms with Gasteiger partial charge in [0.25, 0.3) is 0 Å². The maximum Gasteiger partial charge on any atom is 0.0382 e. The Balaban J connectivity index is 5.30. The predicted molar refractivity (Wildman–Crippen MR) is 85.9 cm³/mol. The van der Waals surface area contributed by atoms with E-state index in [9.17, 15) is 0 Å². The SMILES string of the molecule is CC(C)(C)[Si](C)(C)[Si]([Si])[Si](C)(C)C(C)(C)C. The van der Waals surface area contributed by atoms with Crippen LogP contribution in [0.4, 0.5) is 0 Å². The van der Waals surface area contributed by atoms with Gasteiger partial charge >= 0.3 is 0 Å². The zero-order valence-corrected chi connectivity index (χ0v) is 17.0. The van der Waals surface area contributed by atoms with Crippen LogP contribution in [0.25, 0.3) is 0 Å². The quantitative estimate of drug-likeness (QED) is 0.663. The van der Waals surface area contributed by atoms with Crippen molar-refractivity contribution >= 4 is 32.3 Å². The highest BCUT2D eigenvalue weighted by Crippen LogP contribution is 2.44. The van der Waals surface area contributed by atoms with Crippen molar-refractivity contribution in [3.8, 4) is 0 Å². The summed E-state index contributed by atoms with van der Waals surface area (Å²) >= 11 is 0. The van der Waals surface area contributed by atoms with E-state index in [1.807, 2.05) is 0 Å². The van der Waals surface area contributed by atoms with Crippen LogP contribution in [0, 0.1) is 0 Å². The summed E-state index contributed by atoms with van der Waals surface area (Å²) in [5.74, 6) is 0. The third kappa shape index (κ3) is 3.00. The second kappa shape index (κ2) is 4.52. The van der Waals surface area contributed by atoms with Crippen LogP contribution >= 0.6 is 0 Å². The van der Waals surface area contributed by atoms with Crippen LogP contribution in [0.1, 0.15) is 41.5 Å². The molecule has 0 aromatic heterocycles. The minimum Gasteiger partial charge on any atom is -0.0715 e. The van der Waals surface area contributed by atoms with E-state index in [2.05, 4.69) is 77.5 Å². The molecule has 0 rings (SSSR count). The van der Waals surface area contributed by atoms with Crippen molar-refractivity contribution in [3.05, 3.63) is 0 Å². The minimum absolute atomic E-state index is 0.373. The van der Waals surface area contributed by atoms with Crippen molar-refractivity contribution in [1.82, 2.24) is 0 Å². The molecule has 16 heavy (non-hydrogen) atoms. The molecule has 0 saturated heterocycles. The van der Waals surface area contributed by atoms with Gasteiger partial charge in [-0.1, -0.05) is 67.7 Å². The summed E-state index contributed by atoms with van der Waals surface area (Å²) in [4.78, 5) is 0. The van der Waals surface area contributed by atoms with E-state index < -0.39 is 15.2 Å². The minimum atomic E-state index is -1.18. The van der Waals surface area contributed by atoms with Crippen LogP contribution in [0.3, 0.4) is 0 Å². The summed E-state index contributed by atoms with van der Waals surface area (Å²) in [6, 6.07) is 0. The second-order valence-electron chi connectivity index (χ2n) is 8.12. The Morgan fingerprint density at radius 1 is 0.688 bits per heavy atom. The van der Waals surface area contributed by atoms with Gasteiger partial charge in [0.05, 0.1) is 0 Å². The van der Waals surface area contributed by atoms with E-state index in [-0.39, 0.29) is 7.35 Å². The molecule has 0 nitrogen and oxygen atoms in total. The van der Waals surface area contributed by atoms with E-state index in [4.69, 9.17) is 0 Å². The lowest BCUT2D eigenvalue weighted by Gasteiger charge is -2.51. The molecule has 0 saturated carbocycles. The molecule has 0 amide bonds. The number of hydrogen-bond acceptors (Lipinski definition) is 0. The molecule has 0 atom stereocenters. The van der Waals surface area contributed by atoms with Gasteiger partial charge in [-0.05, 0) is 10.1 Å². The van der Waals surface area contributed by atoms with Crippen LogP contribution in [0.15, 0.2) is 0 Å². The lowest BCUT2D eigenvalue weighted by molar-refractivity contribution is 0.728. The van der Waals surface area contributed by atoms with Crippen LogP contribution < -0.4 is 0 Å². The highest BCUT2D eigenvalue weighted by molar-refractivity contribution is 7.74. The highest BCUT2D eigenvalue weighted by Gasteiger charge is 2.51. The maximum atomic E-state index is 4.28. The fourth-order valence-electron chi connectivity index (χ4n) is 1.53. The molecule has 4 heteroatoms. The molecule has 0 aliphatic heterocycles. The van der Waals surface area contributed by atoms with Gasteiger partial charge in [-0.2, -0.15) is 0 Å². The molecule has 0 aromatic rings. The predicted octanol–water partition coefficient (Wildman–Crippen LogP) is 4.32. The van der Waals surface area contributed by atoms with E-state index in [1.165, 1.54) is 0 Å². The summed E-state index contributed by atoms with van der Waals surface area (Å²) in [6.45, 7) is 25.0. The standard InChI is InChI=1S/C12H30Si4/c1-11(2,3)15(7,8)14(13)16(9,10)12(4,5)6/h1-10H3. The van der Waals surface area contributed by atoms with Crippen LogP contribution in [-0.2, 0) is 0 Å². The molecule has 0 aromatic carbocycles. The van der Waals surface area contributed by atoms with Gasteiger partial charge in [0.1, 0.15) is 0 Å². The molecule has 0 aliphatic rings. The molecule has 4 radical (unpaired) electrons. The first-order chi connectivity index (χ1) is 6.65. The Kier molecular flexibility index (Phi) is 4.76. The third-order valence-electron chi connectivity index (χ3n) is 5.00. The van der Waals surface area contributed by atoms with E-state index >= 15 is 0 Å². The van der Waals surface area contributed by atoms with Crippen molar-refractivity contribution < 1.29 is 0 Å². The van der Waals surface area contributed by atoms with Gasteiger partial charge in [0.15, 0.2) is 0 Å². The van der Waals surface area contributed by atoms with Gasteiger partial charge in [-0.15, -0.1) is 0 Å². The van der Waals surface area contributed by atoms with Gasteiger partial charge in [-0.3, -0.25) is 0 Å². The third-order valence-corrected chi connectivity index (χ3v) is 49.5. The first-order valence-electron chi connectivity index (χ1n) is 6.25. The normalized spacial score (nSPS) is 15.8. The fourth-order valence-corrected chi connectivity index (χ4v) is 41.3. The zero-order valence-electron chi connectivity index (χ0n) is 13.0. The summed E-state index contributed by atoms with van der Waals surface area (Å²) in [6.07, 6.45) is 0. The largest absolute Gasteiger partial charge is 0.0715 e. The highest BCUT2D eigenvalue weighted by atomic mass is 29.9. The summed E-state index contributed by atoms with van der Waals surface area (Å²) in [5, 5.41) is 1.02. The molecule has 0 unspecified atom stereocenters. The average molecular weight is 287 g/mol. The van der Waals surface area contributed by atoms with Gasteiger partial charge in [-0.25, -0.2) is 0 Å². The first kappa shape index (κ1) is 16.9. The second-order valence-corrected chi connectivity index (χ2v) is 34.9. The first-order valence-corrected chi connectivity index (χ1v) is 17.2. The Labute approximate surface area is 110 Å². The molecule has 0 fully saturated rings. The van der Waals surface area contributed by atoms with E-state index in [0.29, 0.717) is 10.1 Å². The number of rotatable bonds is 2. The lowest BCUT2D eigenvalue weighted by atomic mass is 10.2. The lowest BCUT2D eigenvalue weighted by Crippen LogP contribution is -2.68. The summed E-state index contributed by atoms with van der Waals surface area (Å²) in [7, 11) is 1.55. The fraction of sp³-hybridized carbons (Fsp3) is 1.00. The Morgan fingerprint density at radius 2 is 0.875 bits per heavy atom. The Morgan fingerprint density at radius 3 is 1.00 bits per heavy atom. The topological polar surface area (TPSA) is 0 Å².